The van der Waals surface area contributed by atoms with E-state index in [1.165, 1.54) is 6.07 Å². The first kappa shape index (κ1) is 11.6. The van der Waals surface area contributed by atoms with E-state index >= 15 is 0 Å². The molecule has 1 aromatic rings. The fraction of sp³-hybridized carbons (Fsp3) is 0.538. The Kier molecular flexibility index (Phi) is 3.56. The van der Waals surface area contributed by atoms with Crippen molar-refractivity contribution >= 4 is 0 Å². The number of likely N-dealkylation sites (N-methyl/N-ethyl adjacent to an activating group) is 1. The highest BCUT2D eigenvalue weighted by Crippen LogP contribution is 2.19. The average Bonchev–Trinajstić information content (AvgIpc) is 2.15. The molecular formula is C13H19FN2. The molecule has 0 amide bonds. The van der Waals surface area contributed by atoms with Gasteiger partial charge in [0.15, 0.2) is 0 Å². The highest BCUT2D eigenvalue weighted by Gasteiger charge is 2.22. The lowest BCUT2D eigenvalue weighted by Gasteiger charge is -2.33. The Morgan fingerprint density at radius 3 is 2.94 bits per heavy atom. The lowest BCUT2D eigenvalue weighted by molar-refractivity contribution is 0.188. The molecule has 2 rings (SSSR count). The highest BCUT2D eigenvalue weighted by atomic mass is 19.1. The van der Waals surface area contributed by atoms with E-state index in [9.17, 15) is 4.39 Å². The van der Waals surface area contributed by atoms with Crippen LogP contribution in [0.2, 0.25) is 0 Å². The Bertz CT molecular complexity index is 344. The zero-order valence-corrected chi connectivity index (χ0v) is 9.70. The molecule has 2 unspecified atom stereocenters. The molecule has 0 aliphatic carbocycles. The Morgan fingerprint density at radius 2 is 2.25 bits per heavy atom. The van der Waals surface area contributed by atoms with Gasteiger partial charge in [0.2, 0.25) is 0 Å². The maximum absolute atomic E-state index is 13.0. The van der Waals surface area contributed by atoms with Gasteiger partial charge in [0.05, 0.1) is 0 Å². The fourth-order valence-electron chi connectivity index (χ4n) is 2.64. The van der Waals surface area contributed by atoms with E-state index in [2.05, 4.69) is 11.9 Å². The van der Waals surface area contributed by atoms with Gasteiger partial charge >= 0.3 is 0 Å². The molecule has 88 valence electrons. The number of hydrogen-bond donors (Lipinski definition) is 1. The second-order valence-electron chi connectivity index (χ2n) is 4.92. The molecule has 1 heterocycles. The Hall–Kier alpha value is -0.930. The number of piperidine rings is 1. The first-order valence-corrected chi connectivity index (χ1v) is 5.82. The molecule has 0 aromatic heterocycles. The molecule has 3 heteroatoms. The minimum absolute atomic E-state index is 0.147. The summed E-state index contributed by atoms with van der Waals surface area (Å²) < 4.78 is 13.0. The van der Waals surface area contributed by atoms with Crippen molar-refractivity contribution in [1.82, 2.24) is 4.90 Å². The van der Waals surface area contributed by atoms with Gasteiger partial charge < -0.3 is 10.6 Å². The van der Waals surface area contributed by atoms with Gasteiger partial charge in [-0.3, -0.25) is 0 Å². The molecule has 0 saturated carbocycles. The van der Waals surface area contributed by atoms with Gasteiger partial charge in [-0.15, -0.1) is 0 Å². The Balaban J connectivity index is 1.98. The summed E-state index contributed by atoms with van der Waals surface area (Å²) in [6.07, 6.45) is 1.97. The van der Waals surface area contributed by atoms with Crippen molar-refractivity contribution < 1.29 is 4.39 Å². The second kappa shape index (κ2) is 4.93. The van der Waals surface area contributed by atoms with E-state index in [1.54, 1.807) is 12.1 Å². The summed E-state index contributed by atoms with van der Waals surface area (Å²) in [5.74, 6) is 0.404. The largest absolute Gasteiger partial charge is 0.327 e. The zero-order valence-electron chi connectivity index (χ0n) is 9.70. The summed E-state index contributed by atoms with van der Waals surface area (Å²) >= 11 is 0. The molecular weight excluding hydrogens is 203 g/mol. The third-order valence-corrected chi connectivity index (χ3v) is 3.17. The van der Waals surface area contributed by atoms with E-state index in [-0.39, 0.29) is 11.9 Å². The molecule has 0 bridgehead atoms. The third-order valence-electron chi connectivity index (χ3n) is 3.17. The fourth-order valence-corrected chi connectivity index (χ4v) is 2.64. The minimum atomic E-state index is -0.147. The summed E-state index contributed by atoms with van der Waals surface area (Å²) in [4.78, 5) is 2.26. The van der Waals surface area contributed by atoms with Crippen LogP contribution in [0, 0.1) is 11.7 Å². The Labute approximate surface area is 96.2 Å². The van der Waals surface area contributed by atoms with Crippen LogP contribution in [0.25, 0.3) is 0 Å². The van der Waals surface area contributed by atoms with Gasteiger partial charge in [-0.1, -0.05) is 12.1 Å². The normalized spacial score (nSPS) is 26.9. The molecule has 0 spiro atoms. The molecule has 2 nitrogen and oxygen atoms in total. The van der Waals surface area contributed by atoms with Gasteiger partial charge in [0.25, 0.3) is 0 Å². The van der Waals surface area contributed by atoms with Crippen LogP contribution >= 0.6 is 0 Å². The summed E-state index contributed by atoms with van der Waals surface area (Å²) in [6.45, 7) is 2.03. The predicted octanol–water partition coefficient (Wildman–Crippen LogP) is 1.65. The van der Waals surface area contributed by atoms with Crippen LogP contribution in [0.3, 0.4) is 0 Å². The van der Waals surface area contributed by atoms with Crippen molar-refractivity contribution in [2.45, 2.75) is 18.9 Å². The average molecular weight is 222 g/mol. The van der Waals surface area contributed by atoms with Gasteiger partial charge in [-0.2, -0.15) is 0 Å². The van der Waals surface area contributed by atoms with E-state index < -0.39 is 0 Å². The summed E-state index contributed by atoms with van der Waals surface area (Å²) in [6, 6.07) is 7.14. The minimum Gasteiger partial charge on any atom is -0.327 e. The number of halogens is 1. The van der Waals surface area contributed by atoms with Gasteiger partial charge in [-0.25, -0.2) is 4.39 Å². The predicted molar refractivity (Wildman–Crippen MR) is 63.7 cm³/mol. The molecule has 1 saturated heterocycles. The third kappa shape index (κ3) is 3.03. The lowest BCUT2D eigenvalue weighted by atomic mass is 9.89. The van der Waals surface area contributed by atoms with Gasteiger partial charge in [0, 0.05) is 19.1 Å². The number of nitrogens with zero attached hydrogens (tertiary/aromatic N) is 1. The van der Waals surface area contributed by atoms with Crippen molar-refractivity contribution in [2.24, 2.45) is 11.7 Å². The summed E-state index contributed by atoms with van der Waals surface area (Å²) in [7, 11) is 2.09. The molecule has 1 aliphatic heterocycles. The quantitative estimate of drug-likeness (QED) is 0.824. The maximum atomic E-state index is 13.0. The van der Waals surface area contributed by atoms with Crippen LogP contribution in [-0.4, -0.2) is 31.1 Å². The standard InChI is InChI=1S/C13H19FN2/c1-16-8-11(7-13(15)9-16)5-10-3-2-4-12(14)6-10/h2-4,6,11,13H,5,7-9,15H2,1H3. The maximum Gasteiger partial charge on any atom is 0.123 e. The van der Waals surface area contributed by atoms with Crippen LogP contribution in [0.5, 0.6) is 0 Å². The molecule has 1 aliphatic rings. The number of likely N-dealkylation sites (tertiary alicyclic amines) is 1. The number of rotatable bonds is 2. The monoisotopic (exact) mass is 222 g/mol. The zero-order chi connectivity index (χ0) is 11.5. The molecule has 1 aromatic carbocycles. The SMILES string of the molecule is CN1CC(N)CC(Cc2cccc(F)c2)C1. The Morgan fingerprint density at radius 1 is 1.44 bits per heavy atom. The van der Waals surface area contributed by atoms with Crippen molar-refractivity contribution in [2.75, 3.05) is 20.1 Å². The van der Waals surface area contributed by atoms with E-state index in [0.717, 1.165) is 31.5 Å². The van der Waals surface area contributed by atoms with Crippen LogP contribution in [0.15, 0.2) is 24.3 Å². The number of nitrogens with two attached hydrogens (primary N) is 1. The second-order valence-corrected chi connectivity index (χ2v) is 4.92. The van der Waals surface area contributed by atoms with Crippen LogP contribution < -0.4 is 5.73 Å². The van der Waals surface area contributed by atoms with Crippen LogP contribution in [-0.2, 0) is 6.42 Å². The summed E-state index contributed by atoms with van der Waals surface area (Å²) in [5.41, 5.74) is 7.06. The topological polar surface area (TPSA) is 29.3 Å². The van der Waals surface area contributed by atoms with Crippen molar-refractivity contribution in [3.8, 4) is 0 Å². The van der Waals surface area contributed by atoms with Crippen LogP contribution in [0.4, 0.5) is 4.39 Å². The molecule has 2 atom stereocenters. The van der Waals surface area contributed by atoms with Crippen molar-refractivity contribution in [3.05, 3.63) is 35.6 Å². The molecule has 2 N–H and O–H groups in total. The molecule has 0 radical (unpaired) electrons. The first-order chi connectivity index (χ1) is 7.63. The first-order valence-electron chi connectivity index (χ1n) is 5.82. The highest BCUT2D eigenvalue weighted by molar-refractivity contribution is 5.17. The molecule has 1 fully saturated rings. The van der Waals surface area contributed by atoms with Gasteiger partial charge in [0.1, 0.15) is 5.82 Å². The van der Waals surface area contributed by atoms with Crippen LogP contribution in [0.1, 0.15) is 12.0 Å². The molecule has 16 heavy (non-hydrogen) atoms. The van der Waals surface area contributed by atoms with E-state index in [1.807, 2.05) is 6.07 Å². The summed E-state index contributed by atoms with van der Waals surface area (Å²) in [5, 5.41) is 0. The van der Waals surface area contributed by atoms with E-state index in [0.29, 0.717) is 5.92 Å². The van der Waals surface area contributed by atoms with E-state index in [4.69, 9.17) is 5.73 Å². The number of hydrogen-bond acceptors (Lipinski definition) is 2. The number of benzene rings is 1. The van der Waals surface area contributed by atoms with Crippen molar-refractivity contribution in [1.29, 1.82) is 0 Å². The van der Waals surface area contributed by atoms with Gasteiger partial charge in [-0.05, 0) is 43.5 Å². The lowest BCUT2D eigenvalue weighted by Crippen LogP contribution is -2.45. The smallest absolute Gasteiger partial charge is 0.123 e. The van der Waals surface area contributed by atoms with Crippen molar-refractivity contribution in [3.63, 3.8) is 0 Å².